The summed E-state index contributed by atoms with van der Waals surface area (Å²) < 4.78 is 7.13. The van der Waals surface area contributed by atoms with E-state index in [9.17, 15) is 4.79 Å². The largest absolute Gasteiger partial charge is 0.497 e. The van der Waals surface area contributed by atoms with Crippen LogP contribution in [0, 0.1) is 13.8 Å². The van der Waals surface area contributed by atoms with Gasteiger partial charge in [0.1, 0.15) is 5.75 Å². The van der Waals surface area contributed by atoms with Gasteiger partial charge in [-0.1, -0.05) is 17.8 Å². The fourth-order valence-electron chi connectivity index (χ4n) is 3.15. The number of methoxy groups -OCH3 is 1. The van der Waals surface area contributed by atoms with E-state index in [1.165, 1.54) is 22.9 Å². The van der Waals surface area contributed by atoms with Gasteiger partial charge in [0.15, 0.2) is 11.0 Å². The minimum absolute atomic E-state index is 0.125. The van der Waals surface area contributed by atoms with Crippen LogP contribution < -0.4 is 10.1 Å². The van der Waals surface area contributed by atoms with Crippen LogP contribution in [0.1, 0.15) is 11.1 Å². The Morgan fingerprint density at radius 3 is 2.44 bits per heavy atom. The van der Waals surface area contributed by atoms with Gasteiger partial charge in [-0.2, -0.15) is 0 Å². The summed E-state index contributed by atoms with van der Waals surface area (Å²) in [6.45, 7) is 4.15. The molecule has 0 saturated carbocycles. The van der Waals surface area contributed by atoms with Crippen LogP contribution in [0.25, 0.3) is 17.1 Å². The molecule has 0 aliphatic heterocycles. The molecule has 2 aromatic carbocycles. The number of benzene rings is 2. The van der Waals surface area contributed by atoms with E-state index in [1.807, 2.05) is 22.8 Å². The van der Waals surface area contributed by atoms with Crippen LogP contribution in [0.2, 0.25) is 0 Å². The van der Waals surface area contributed by atoms with Gasteiger partial charge in [0.25, 0.3) is 0 Å². The number of aryl methyl sites for hydroxylation is 2. The molecule has 1 N–H and O–H groups in total. The number of ether oxygens (including phenoxy) is 1. The quantitative estimate of drug-likeness (QED) is 0.416. The van der Waals surface area contributed by atoms with Crippen LogP contribution in [-0.2, 0) is 4.79 Å². The summed E-state index contributed by atoms with van der Waals surface area (Å²) in [7, 11) is 1.61. The molecule has 0 spiro atoms. The number of pyridine rings is 1. The molecule has 2 aromatic heterocycles. The first-order valence-corrected chi connectivity index (χ1v) is 11.0. The highest BCUT2D eigenvalue weighted by molar-refractivity contribution is 7.99. The van der Waals surface area contributed by atoms with Crippen molar-refractivity contribution in [2.45, 2.75) is 19.0 Å². The number of amides is 1. The second kappa shape index (κ2) is 9.65. The van der Waals surface area contributed by atoms with Crippen molar-refractivity contribution < 1.29 is 9.53 Å². The molecule has 0 bridgehead atoms. The molecule has 1 amide bonds. The van der Waals surface area contributed by atoms with Gasteiger partial charge < -0.3 is 10.1 Å². The first-order valence-electron chi connectivity index (χ1n) is 10.1. The molecule has 2 heterocycles. The van der Waals surface area contributed by atoms with E-state index in [-0.39, 0.29) is 11.7 Å². The molecule has 0 fully saturated rings. The molecule has 0 atom stereocenters. The lowest BCUT2D eigenvalue weighted by Crippen LogP contribution is -2.14. The maximum atomic E-state index is 12.5. The van der Waals surface area contributed by atoms with Gasteiger partial charge in [0, 0.05) is 23.6 Å². The van der Waals surface area contributed by atoms with Crippen molar-refractivity contribution >= 4 is 23.4 Å². The zero-order chi connectivity index (χ0) is 22.5. The van der Waals surface area contributed by atoms with Crippen molar-refractivity contribution in [2.75, 3.05) is 18.2 Å². The normalized spacial score (nSPS) is 10.7. The molecule has 0 aliphatic carbocycles. The fourth-order valence-corrected chi connectivity index (χ4v) is 3.90. The van der Waals surface area contributed by atoms with Crippen LogP contribution in [0.15, 0.2) is 72.1 Å². The monoisotopic (exact) mass is 445 g/mol. The molecule has 4 rings (SSSR count). The first-order chi connectivity index (χ1) is 15.5. The van der Waals surface area contributed by atoms with E-state index >= 15 is 0 Å². The summed E-state index contributed by atoms with van der Waals surface area (Å²) >= 11 is 1.34. The zero-order valence-corrected chi connectivity index (χ0v) is 18.9. The standard InChI is InChI=1S/C24H23N5O2S/c1-16-4-7-20(14-17(16)2)29-23(18-10-12-25-13-11-18)27-28-24(29)32-15-22(30)26-19-5-8-21(31-3)9-6-19/h4-14H,15H2,1-3H3,(H,26,30). The predicted molar refractivity (Wildman–Crippen MR) is 126 cm³/mol. The van der Waals surface area contributed by atoms with Crippen molar-refractivity contribution in [3.8, 4) is 22.8 Å². The lowest BCUT2D eigenvalue weighted by Gasteiger charge is -2.12. The number of nitrogens with one attached hydrogen (secondary N) is 1. The van der Waals surface area contributed by atoms with Gasteiger partial charge in [0.05, 0.1) is 18.6 Å². The van der Waals surface area contributed by atoms with Gasteiger partial charge >= 0.3 is 0 Å². The van der Waals surface area contributed by atoms with Crippen molar-refractivity contribution in [3.05, 3.63) is 78.1 Å². The molecular weight excluding hydrogens is 422 g/mol. The fraction of sp³-hybridized carbons (Fsp3) is 0.167. The molecular formula is C24H23N5O2S. The Labute approximate surface area is 190 Å². The molecule has 4 aromatic rings. The molecule has 0 unspecified atom stereocenters. The number of nitrogens with zero attached hydrogens (tertiary/aromatic N) is 4. The Bertz CT molecular complexity index is 1220. The van der Waals surface area contributed by atoms with Gasteiger partial charge in [-0.15, -0.1) is 10.2 Å². The number of anilines is 1. The van der Waals surface area contributed by atoms with Gasteiger partial charge in [-0.3, -0.25) is 14.3 Å². The molecule has 0 aliphatic rings. The maximum Gasteiger partial charge on any atom is 0.234 e. The highest BCUT2D eigenvalue weighted by atomic mass is 32.2. The molecule has 32 heavy (non-hydrogen) atoms. The second-order valence-electron chi connectivity index (χ2n) is 7.21. The van der Waals surface area contributed by atoms with E-state index in [4.69, 9.17) is 4.74 Å². The Kier molecular flexibility index (Phi) is 6.51. The number of carbonyl (C=O) groups is 1. The van der Waals surface area contributed by atoms with Crippen molar-refractivity contribution in [3.63, 3.8) is 0 Å². The Hall–Kier alpha value is -3.65. The molecule has 162 valence electrons. The minimum atomic E-state index is -0.125. The number of carbonyl (C=O) groups excluding carboxylic acids is 1. The lowest BCUT2D eigenvalue weighted by atomic mass is 10.1. The third-order valence-corrected chi connectivity index (χ3v) is 5.96. The Balaban J connectivity index is 1.58. The minimum Gasteiger partial charge on any atom is -0.497 e. The first kappa shape index (κ1) is 21.6. The van der Waals surface area contributed by atoms with E-state index in [1.54, 1.807) is 43.8 Å². The summed E-state index contributed by atoms with van der Waals surface area (Å²) in [5, 5.41) is 12.3. The van der Waals surface area contributed by atoms with Crippen molar-refractivity contribution in [1.82, 2.24) is 19.7 Å². The molecule has 0 saturated heterocycles. The van der Waals surface area contributed by atoms with E-state index in [2.05, 4.69) is 46.5 Å². The summed E-state index contributed by atoms with van der Waals surface area (Å²) in [5.74, 6) is 1.52. The number of thioether (sulfide) groups is 1. The summed E-state index contributed by atoms with van der Waals surface area (Å²) in [6, 6.07) is 17.2. The number of hydrogen-bond acceptors (Lipinski definition) is 6. The Morgan fingerprint density at radius 1 is 1.00 bits per heavy atom. The van der Waals surface area contributed by atoms with Crippen LogP contribution in [0.4, 0.5) is 5.69 Å². The topological polar surface area (TPSA) is 81.9 Å². The number of hydrogen-bond donors (Lipinski definition) is 1. The van der Waals surface area contributed by atoms with Gasteiger partial charge in [-0.25, -0.2) is 0 Å². The summed E-state index contributed by atoms with van der Waals surface area (Å²) in [4.78, 5) is 16.6. The van der Waals surface area contributed by atoms with Crippen LogP contribution in [-0.4, -0.2) is 38.5 Å². The zero-order valence-electron chi connectivity index (χ0n) is 18.1. The van der Waals surface area contributed by atoms with Crippen LogP contribution >= 0.6 is 11.8 Å². The lowest BCUT2D eigenvalue weighted by molar-refractivity contribution is -0.113. The molecule has 0 radical (unpaired) electrons. The van der Waals surface area contributed by atoms with E-state index in [0.29, 0.717) is 16.7 Å². The maximum absolute atomic E-state index is 12.5. The summed E-state index contributed by atoms with van der Waals surface area (Å²) in [5.41, 5.74) is 4.94. The van der Waals surface area contributed by atoms with Crippen molar-refractivity contribution in [1.29, 1.82) is 0 Å². The van der Waals surface area contributed by atoms with Gasteiger partial charge in [-0.05, 0) is 73.5 Å². The van der Waals surface area contributed by atoms with Crippen LogP contribution in [0.5, 0.6) is 5.75 Å². The SMILES string of the molecule is COc1ccc(NC(=O)CSc2nnc(-c3ccncc3)n2-c2ccc(C)c(C)c2)cc1. The highest BCUT2D eigenvalue weighted by Crippen LogP contribution is 2.29. The third-order valence-electron chi connectivity index (χ3n) is 5.03. The smallest absolute Gasteiger partial charge is 0.234 e. The molecule has 8 heteroatoms. The third kappa shape index (κ3) is 4.81. The van der Waals surface area contributed by atoms with Crippen LogP contribution in [0.3, 0.4) is 0 Å². The number of rotatable bonds is 7. The average Bonchev–Trinajstić information content (AvgIpc) is 3.24. The van der Waals surface area contributed by atoms with E-state index in [0.717, 1.165) is 17.0 Å². The number of aromatic nitrogens is 4. The van der Waals surface area contributed by atoms with Crippen molar-refractivity contribution in [2.24, 2.45) is 0 Å². The highest BCUT2D eigenvalue weighted by Gasteiger charge is 2.18. The molecule has 7 nitrogen and oxygen atoms in total. The van der Waals surface area contributed by atoms with Gasteiger partial charge in [0.2, 0.25) is 5.91 Å². The summed E-state index contributed by atoms with van der Waals surface area (Å²) in [6.07, 6.45) is 3.45. The average molecular weight is 446 g/mol. The Morgan fingerprint density at radius 2 is 1.75 bits per heavy atom. The predicted octanol–water partition coefficient (Wildman–Crippen LogP) is 4.69. The van der Waals surface area contributed by atoms with E-state index < -0.39 is 0 Å². The second-order valence-corrected chi connectivity index (χ2v) is 8.15.